The van der Waals surface area contributed by atoms with E-state index in [1.807, 2.05) is 0 Å². The van der Waals surface area contributed by atoms with Crippen molar-refractivity contribution in [1.82, 2.24) is 5.32 Å². The summed E-state index contributed by atoms with van der Waals surface area (Å²) in [6, 6.07) is 12.3. The number of nitrogens with one attached hydrogen (secondary N) is 1. The van der Waals surface area contributed by atoms with E-state index in [1.165, 1.54) is 31.2 Å². The van der Waals surface area contributed by atoms with E-state index < -0.39 is 18.0 Å². The second-order valence-electron chi connectivity index (χ2n) is 5.57. The van der Waals surface area contributed by atoms with Crippen LogP contribution in [-0.2, 0) is 22.6 Å². The number of rotatable bonds is 7. The zero-order chi connectivity index (χ0) is 18.2. The fraction of sp³-hybridized carbons (Fsp3) is 0.263. The molecule has 0 aliphatic heterocycles. The van der Waals surface area contributed by atoms with Crippen LogP contribution in [0, 0.1) is 5.82 Å². The number of benzene rings is 2. The molecule has 6 heteroatoms. The number of carbonyl (C=O) groups excluding carboxylic acids is 2. The van der Waals surface area contributed by atoms with Crippen molar-refractivity contribution in [2.75, 3.05) is 6.54 Å². The average Bonchev–Trinajstić information content (AvgIpc) is 2.63. The van der Waals surface area contributed by atoms with Crippen molar-refractivity contribution < 1.29 is 23.8 Å². The Morgan fingerprint density at radius 1 is 1.08 bits per heavy atom. The minimum absolute atomic E-state index is 0.109. The zero-order valence-electron chi connectivity index (χ0n) is 13.9. The van der Waals surface area contributed by atoms with Crippen molar-refractivity contribution in [3.63, 3.8) is 0 Å². The van der Waals surface area contributed by atoms with Gasteiger partial charge in [0.2, 0.25) is 0 Å². The van der Waals surface area contributed by atoms with Crippen molar-refractivity contribution in [2.24, 2.45) is 0 Å². The van der Waals surface area contributed by atoms with Crippen molar-refractivity contribution in [2.45, 2.75) is 26.1 Å². The molecule has 0 aliphatic rings. The monoisotopic (exact) mass is 345 g/mol. The summed E-state index contributed by atoms with van der Waals surface area (Å²) in [4.78, 5) is 24.0. The summed E-state index contributed by atoms with van der Waals surface area (Å²) < 4.78 is 17.9. The molecule has 0 spiro atoms. The quantitative estimate of drug-likeness (QED) is 0.755. The van der Waals surface area contributed by atoms with Gasteiger partial charge in [0.1, 0.15) is 5.82 Å². The lowest BCUT2D eigenvalue weighted by molar-refractivity contribution is -0.129. The summed E-state index contributed by atoms with van der Waals surface area (Å²) in [5.41, 5.74) is 1.89. The molecule has 25 heavy (non-hydrogen) atoms. The van der Waals surface area contributed by atoms with E-state index in [9.17, 15) is 14.0 Å². The molecule has 1 amide bonds. The molecule has 0 fully saturated rings. The molecule has 0 aliphatic carbocycles. The highest BCUT2D eigenvalue weighted by atomic mass is 19.1. The molecular weight excluding hydrogens is 325 g/mol. The number of amides is 1. The first-order chi connectivity index (χ1) is 12.0. The van der Waals surface area contributed by atoms with Crippen LogP contribution in [0.15, 0.2) is 48.5 Å². The number of aliphatic hydroxyl groups is 1. The number of ether oxygens (including phenoxy) is 1. The van der Waals surface area contributed by atoms with Crippen LogP contribution in [-0.4, -0.2) is 29.6 Å². The molecule has 0 saturated carbocycles. The fourth-order valence-electron chi connectivity index (χ4n) is 2.15. The summed E-state index contributed by atoms with van der Waals surface area (Å²) in [7, 11) is 0. The van der Waals surface area contributed by atoms with Gasteiger partial charge in [-0.3, -0.25) is 4.79 Å². The van der Waals surface area contributed by atoms with Crippen LogP contribution in [0.3, 0.4) is 0 Å². The first-order valence-corrected chi connectivity index (χ1v) is 7.92. The molecule has 5 nitrogen and oxygen atoms in total. The van der Waals surface area contributed by atoms with E-state index in [0.717, 1.165) is 5.56 Å². The van der Waals surface area contributed by atoms with Crippen LogP contribution >= 0.6 is 0 Å². The Balaban J connectivity index is 1.78. The van der Waals surface area contributed by atoms with Gasteiger partial charge in [-0.15, -0.1) is 0 Å². The number of halogens is 1. The van der Waals surface area contributed by atoms with Gasteiger partial charge in [-0.05, 0) is 48.7 Å². The Morgan fingerprint density at radius 3 is 2.28 bits per heavy atom. The van der Waals surface area contributed by atoms with Gasteiger partial charge in [0.05, 0.1) is 12.2 Å². The zero-order valence-corrected chi connectivity index (χ0v) is 13.9. The Labute approximate surface area is 145 Å². The maximum atomic E-state index is 12.8. The third-order valence-electron chi connectivity index (χ3n) is 3.65. The highest BCUT2D eigenvalue weighted by Gasteiger charge is 2.18. The van der Waals surface area contributed by atoms with E-state index in [-0.39, 0.29) is 12.4 Å². The Bertz CT molecular complexity index is 713. The Kier molecular flexibility index (Phi) is 6.65. The van der Waals surface area contributed by atoms with Crippen LogP contribution < -0.4 is 5.32 Å². The predicted octanol–water partition coefficient (Wildman–Crippen LogP) is 2.22. The molecule has 2 N–H and O–H groups in total. The summed E-state index contributed by atoms with van der Waals surface area (Å²) in [6.45, 7) is 1.74. The standard InChI is InChI=1S/C19H20FNO4/c1-13(25-19(24)16-6-2-15(12-22)3-7-16)18(23)21-11-10-14-4-8-17(20)9-5-14/h2-9,13,22H,10-12H2,1H3,(H,21,23)/t13-/m0/s1. The molecule has 0 heterocycles. The summed E-state index contributed by atoms with van der Waals surface area (Å²) in [5.74, 6) is -1.31. The van der Waals surface area contributed by atoms with E-state index >= 15 is 0 Å². The van der Waals surface area contributed by atoms with Crippen molar-refractivity contribution in [1.29, 1.82) is 0 Å². The summed E-state index contributed by atoms with van der Waals surface area (Å²) in [5, 5.41) is 11.7. The van der Waals surface area contributed by atoms with Crippen LogP contribution in [0.4, 0.5) is 4.39 Å². The Hall–Kier alpha value is -2.73. The molecule has 2 aromatic carbocycles. The van der Waals surface area contributed by atoms with Gasteiger partial charge in [-0.25, -0.2) is 9.18 Å². The average molecular weight is 345 g/mol. The Morgan fingerprint density at radius 2 is 1.68 bits per heavy atom. The molecule has 2 aromatic rings. The minimum atomic E-state index is -0.932. The number of esters is 1. The van der Waals surface area contributed by atoms with Crippen molar-refractivity contribution >= 4 is 11.9 Å². The predicted molar refractivity (Wildman–Crippen MR) is 90.4 cm³/mol. The largest absolute Gasteiger partial charge is 0.449 e. The normalized spacial score (nSPS) is 11.6. The first-order valence-electron chi connectivity index (χ1n) is 7.92. The van der Waals surface area contributed by atoms with E-state index in [4.69, 9.17) is 9.84 Å². The summed E-state index contributed by atoms with van der Waals surface area (Å²) in [6.07, 6.45) is -0.381. The molecule has 1 atom stereocenters. The fourth-order valence-corrected chi connectivity index (χ4v) is 2.15. The van der Waals surface area contributed by atoms with Gasteiger partial charge >= 0.3 is 5.97 Å². The van der Waals surface area contributed by atoms with Gasteiger partial charge in [0, 0.05) is 6.54 Å². The number of hydrogen-bond donors (Lipinski definition) is 2. The van der Waals surface area contributed by atoms with Crippen LogP contribution in [0.2, 0.25) is 0 Å². The third-order valence-corrected chi connectivity index (χ3v) is 3.65. The van der Waals surface area contributed by atoms with Crippen LogP contribution in [0.25, 0.3) is 0 Å². The molecular formula is C19H20FNO4. The number of hydrogen-bond acceptors (Lipinski definition) is 4. The first kappa shape index (κ1) is 18.6. The van der Waals surface area contributed by atoms with Crippen LogP contribution in [0.5, 0.6) is 0 Å². The maximum Gasteiger partial charge on any atom is 0.338 e. The number of aliphatic hydroxyl groups excluding tert-OH is 1. The molecule has 0 bridgehead atoms. The highest BCUT2D eigenvalue weighted by molar-refractivity contribution is 5.92. The molecule has 2 rings (SSSR count). The van der Waals surface area contributed by atoms with Gasteiger partial charge in [-0.1, -0.05) is 24.3 Å². The van der Waals surface area contributed by atoms with E-state index in [2.05, 4.69) is 5.32 Å². The minimum Gasteiger partial charge on any atom is -0.449 e. The SMILES string of the molecule is C[C@H](OC(=O)c1ccc(CO)cc1)C(=O)NCCc1ccc(F)cc1. The lowest BCUT2D eigenvalue weighted by Crippen LogP contribution is -2.36. The summed E-state index contributed by atoms with van der Waals surface area (Å²) >= 11 is 0. The lowest BCUT2D eigenvalue weighted by atomic mass is 10.1. The van der Waals surface area contributed by atoms with Gasteiger partial charge in [0.15, 0.2) is 6.10 Å². The van der Waals surface area contributed by atoms with Gasteiger partial charge < -0.3 is 15.2 Å². The topological polar surface area (TPSA) is 75.6 Å². The van der Waals surface area contributed by atoms with E-state index in [0.29, 0.717) is 24.1 Å². The molecule has 0 saturated heterocycles. The van der Waals surface area contributed by atoms with Crippen molar-refractivity contribution in [3.05, 3.63) is 71.0 Å². The third kappa shape index (κ3) is 5.69. The molecule has 0 unspecified atom stereocenters. The van der Waals surface area contributed by atoms with Gasteiger partial charge in [0.25, 0.3) is 5.91 Å². The van der Waals surface area contributed by atoms with Crippen molar-refractivity contribution in [3.8, 4) is 0 Å². The maximum absolute atomic E-state index is 12.8. The molecule has 0 aromatic heterocycles. The lowest BCUT2D eigenvalue weighted by Gasteiger charge is -2.13. The van der Waals surface area contributed by atoms with E-state index in [1.54, 1.807) is 24.3 Å². The smallest absolute Gasteiger partial charge is 0.338 e. The second-order valence-corrected chi connectivity index (χ2v) is 5.57. The van der Waals surface area contributed by atoms with Gasteiger partial charge in [-0.2, -0.15) is 0 Å². The van der Waals surface area contributed by atoms with Crippen LogP contribution in [0.1, 0.15) is 28.4 Å². The molecule has 132 valence electrons. The number of carbonyl (C=O) groups is 2. The second kappa shape index (κ2) is 8.94. The highest BCUT2D eigenvalue weighted by Crippen LogP contribution is 2.08. The molecule has 0 radical (unpaired) electrons.